The zero-order valence-electron chi connectivity index (χ0n) is 13.2. The molecule has 3 heteroatoms. The summed E-state index contributed by atoms with van der Waals surface area (Å²) in [6.45, 7) is 8.74. The minimum Gasteiger partial charge on any atom is -0.325 e. The van der Waals surface area contributed by atoms with Gasteiger partial charge in [0.15, 0.2) is 0 Å². The van der Waals surface area contributed by atoms with Crippen LogP contribution in [0.4, 0.5) is 0 Å². The molecule has 0 aliphatic carbocycles. The van der Waals surface area contributed by atoms with Crippen molar-refractivity contribution in [1.82, 2.24) is 10.2 Å². The number of hydrogen-bond donors (Lipinski definition) is 1. The smallest absolute Gasteiger partial charge is 0.241 e. The van der Waals surface area contributed by atoms with Crippen LogP contribution in [-0.2, 0) is 10.2 Å². The Morgan fingerprint density at radius 1 is 1.20 bits per heavy atom. The Hall–Kier alpha value is -1.35. The normalized spacial score (nSPS) is 23.4. The Labute approximate surface area is 122 Å². The molecular weight excluding hydrogens is 248 g/mol. The largest absolute Gasteiger partial charge is 0.325 e. The lowest BCUT2D eigenvalue weighted by molar-refractivity contribution is -0.128. The number of amides is 1. The lowest BCUT2D eigenvalue weighted by Crippen LogP contribution is -2.28. The van der Waals surface area contributed by atoms with Crippen LogP contribution < -0.4 is 5.32 Å². The van der Waals surface area contributed by atoms with E-state index in [0.29, 0.717) is 0 Å². The highest BCUT2D eigenvalue weighted by molar-refractivity contribution is 5.84. The van der Waals surface area contributed by atoms with E-state index in [9.17, 15) is 4.79 Å². The Bertz CT molecular complexity index is 473. The Morgan fingerprint density at radius 2 is 1.80 bits per heavy atom. The number of carbonyl (C=O) groups excluding carboxylic acids is 1. The van der Waals surface area contributed by atoms with Crippen LogP contribution in [0.15, 0.2) is 24.3 Å². The van der Waals surface area contributed by atoms with Crippen molar-refractivity contribution in [3.05, 3.63) is 35.4 Å². The van der Waals surface area contributed by atoms with Crippen LogP contribution in [0.1, 0.15) is 57.8 Å². The van der Waals surface area contributed by atoms with Gasteiger partial charge in [0.05, 0.1) is 6.04 Å². The first-order chi connectivity index (χ1) is 9.34. The second kappa shape index (κ2) is 5.57. The van der Waals surface area contributed by atoms with Gasteiger partial charge >= 0.3 is 0 Å². The summed E-state index contributed by atoms with van der Waals surface area (Å²) in [5.74, 6) is 0.205. The molecule has 1 aliphatic heterocycles. The summed E-state index contributed by atoms with van der Waals surface area (Å²) in [6, 6.07) is 8.58. The van der Waals surface area contributed by atoms with Gasteiger partial charge < -0.3 is 4.90 Å². The summed E-state index contributed by atoms with van der Waals surface area (Å²) in [4.78, 5) is 14.0. The molecule has 1 aromatic carbocycles. The van der Waals surface area contributed by atoms with Crippen LogP contribution in [0, 0.1) is 0 Å². The molecule has 1 heterocycles. The molecule has 1 aliphatic rings. The van der Waals surface area contributed by atoms with E-state index in [1.807, 2.05) is 11.9 Å². The molecule has 1 fully saturated rings. The first-order valence-corrected chi connectivity index (χ1v) is 7.47. The van der Waals surface area contributed by atoms with Crippen molar-refractivity contribution in [3.8, 4) is 0 Å². The van der Waals surface area contributed by atoms with Gasteiger partial charge in [0.1, 0.15) is 6.17 Å². The Morgan fingerprint density at radius 3 is 2.30 bits per heavy atom. The third kappa shape index (κ3) is 2.88. The van der Waals surface area contributed by atoms with E-state index in [-0.39, 0.29) is 23.5 Å². The maximum atomic E-state index is 12.2. The van der Waals surface area contributed by atoms with E-state index in [4.69, 9.17) is 0 Å². The first-order valence-electron chi connectivity index (χ1n) is 7.47. The Kier molecular flexibility index (Phi) is 4.19. The second-order valence-corrected chi connectivity index (χ2v) is 6.73. The number of rotatable bonds is 3. The van der Waals surface area contributed by atoms with Crippen molar-refractivity contribution in [1.29, 1.82) is 0 Å². The number of benzene rings is 1. The van der Waals surface area contributed by atoms with Crippen LogP contribution in [-0.4, -0.2) is 23.9 Å². The summed E-state index contributed by atoms with van der Waals surface area (Å²) in [7, 11) is 1.88. The van der Waals surface area contributed by atoms with Crippen LogP contribution >= 0.6 is 0 Å². The van der Waals surface area contributed by atoms with Crippen molar-refractivity contribution >= 4 is 5.91 Å². The van der Waals surface area contributed by atoms with Crippen LogP contribution in [0.25, 0.3) is 0 Å². The quantitative estimate of drug-likeness (QED) is 0.918. The van der Waals surface area contributed by atoms with Gasteiger partial charge in [0.2, 0.25) is 5.91 Å². The lowest BCUT2D eigenvalue weighted by atomic mass is 9.86. The van der Waals surface area contributed by atoms with Crippen LogP contribution in [0.2, 0.25) is 0 Å². The van der Waals surface area contributed by atoms with Crippen molar-refractivity contribution in [2.75, 3.05) is 7.05 Å². The summed E-state index contributed by atoms with van der Waals surface area (Å²) in [5, 5.41) is 3.44. The number of nitrogens with one attached hydrogen (secondary N) is 1. The third-order valence-electron chi connectivity index (χ3n) is 4.06. The maximum absolute atomic E-state index is 12.2. The molecular formula is C17H26N2O. The van der Waals surface area contributed by atoms with Gasteiger partial charge in [-0.2, -0.15) is 0 Å². The highest BCUT2D eigenvalue weighted by Crippen LogP contribution is 2.28. The van der Waals surface area contributed by atoms with Gasteiger partial charge in [0, 0.05) is 7.05 Å². The minimum absolute atomic E-state index is 0.00747. The van der Waals surface area contributed by atoms with Crippen molar-refractivity contribution in [2.24, 2.45) is 0 Å². The third-order valence-corrected chi connectivity index (χ3v) is 4.06. The fourth-order valence-corrected chi connectivity index (χ4v) is 2.73. The topological polar surface area (TPSA) is 32.3 Å². The van der Waals surface area contributed by atoms with Crippen molar-refractivity contribution < 1.29 is 4.79 Å². The Balaban J connectivity index is 2.18. The average Bonchev–Trinajstić information content (AvgIpc) is 2.67. The zero-order valence-corrected chi connectivity index (χ0v) is 13.2. The molecule has 2 atom stereocenters. The fraction of sp³-hybridized carbons (Fsp3) is 0.588. The van der Waals surface area contributed by atoms with E-state index < -0.39 is 0 Å². The van der Waals surface area contributed by atoms with E-state index >= 15 is 0 Å². The number of hydrogen-bond acceptors (Lipinski definition) is 2. The standard InChI is InChI=1S/C17H26N2O/c1-6-7-14-16(20)19(5)15(18-14)12-8-10-13(11-9-12)17(2,3)4/h8-11,14-15,18H,6-7H2,1-5H3. The molecule has 3 nitrogen and oxygen atoms in total. The summed E-state index contributed by atoms with van der Waals surface area (Å²) in [6.07, 6.45) is 1.93. The predicted molar refractivity (Wildman–Crippen MR) is 82.5 cm³/mol. The van der Waals surface area contributed by atoms with Gasteiger partial charge in [-0.25, -0.2) is 0 Å². The molecule has 0 saturated carbocycles. The maximum Gasteiger partial charge on any atom is 0.241 e. The van der Waals surface area contributed by atoms with E-state index in [1.165, 1.54) is 5.56 Å². The minimum atomic E-state index is -0.0303. The molecule has 0 spiro atoms. The molecule has 1 aromatic rings. The van der Waals surface area contributed by atoms with Crippen molar-refractivity contribution in [3.63, 3.8) is 0 Å². The first kappa shape index (κ1) is 15.0. The van der Waals surface area contributed by atoms with Gasteiger partial charge in [-0.3, -0.25) is 10.1 Å². The predicted octanol–water partition coefficient (Wildman–Crippen LogP) is 3.21. The van der Waals surface area contributed by atoms with E-state index in [2.05, 4.69) is 57.3 Å². The molecule has 0 radical (unpaired) electrons. The molecule has 1 N–H and O–H groups in total. The van der Waals surface area contributed by atoms with Gasteiger partial charge in [-0.15, -0.1) is 0 Å². The summed E-state index contributed by atoms with van der Waals surface area (Å²) in [5.41, 5.74) is 2.64. The summed E-state index contributed by atoms with van der Waals surface area (Å²) >= 11 is 0. The fourth-order valence-electron chi connectivity index (χ4n) is 2.73. The van der Waals surface area contributed by atoms with Crippen LogP contribution in [0.5, 0.6) is 0 Å². The molecule has 1 saturated heterocycles. The molecule has 0 aromatic heterocycles. The zero-order chi connectivity index (χ0) is 14.9. The SMILES string of the molecule is CCCC1NC(c2ccc(C(C)(C)C)cc2)N(C)C1=O. The molecule has 0 bridgehead atoms. The molecule has 110 valence electrons. The second-order valence-electron chi connectivity index (χ2n) is 6.73. The lowest BCUT2D eigenvalue weighted by Gasteiger charge is -2.23. The highest BCUT2D eigenvalue weighted by atomic mass is 16.2. The van der Waals surface area contributed by atoms with Gasteiger partial charge in [-0.1, -0.05) is 58.4 Å². The number of likely N-dealkylation sites (N-methyl/N-ethyl adjacent to an activating group) is 1. The average molecular weight is 274 g/mol. The van der Waals surface area contributed by atoms with Crippen LogP contribution in [0.3, 0.4) is 0 Å². The molecule has 20 heavy (non-hydrogen) atoms. The van der Waals surface area contributed by atoms with E-state index in [0.717, 1.165) is 18.4 Å². The summed E-state index contributed by atoms with van der Waals surface area (Å²) < 4.78 is 0. The molecule has 2 rings (SSSR count). The molecule has 1 amide bonds. The van der Waals surface area contributed by atoms with Crippen molar-refractivity contribution in [2.45, 2.75) is 58.2 Å². The number of carbonyl (C=O) groups is 1. The van der Waals surface area contributed by atoms with E-state index in [1.54, 1.807) is 0 Å². The number of nitrogens with zero attached hydrogens (tertiary/aromatic N) is 1. The van der Waals surface area contributed by atoms with Gasteiger partial charge in [-0.05, 0) is 23.0 Å². The van der Waals surface area contributed by atoms with Gasteiger partial charge in [0.25, 0.3) is 0 Å². The monoisotopic (exact) mass is 274 g/mol. The highest BCUT2D eigenvalue weighted by Gasteiger charge is 2.36. The molecule has 2 unspecified atom stereocenters.